The Morgan fingerprint density at radius 1 is 1.53 bits per heavy atom. The smallest absolute Gasteiger partial charge is 0.309 e. The zero-order valence-corrected chi connectivity index (χ0v) is 10.6. The van der Waals surface area contributed by atoms with E-state index in [0.717, 1.165) is 19.3 Å². The van der Waals surface area contributed by atoms with Crippen LogP contribution in [0.25, 0.3) is 0 Å². The fourth-order valence-electron chi connectivity index (χ4n) is 2.45. The molecule has 6 nitrogen and oxygen atoms in total. The highest BCUT2D eigenvalue weighted by atomic mass is 16.6. The lowest BCUT2D eigenvalue weighted by Gasteiger charge is -2.14. The topological polar surface area (TPSA) is 88.2 Å². The lowest BCUT2D eigenvalue weighted by molar-refractivity contribution is -0.384. The lowest BCUT2D eigenvalue weighted by Crippen LogP contribution is -2.18. The Balaban J connectivity index is 2.21. The van der Waals surface area contributed by atoms with Gasteiger partial charge in [-0.2, -0.15) is 5.26 Å². The molecule has 100 valence electrons. The minimum absolute atomic E-state index is 0.0799. The van der Waals surface area contributed by atoms with Gasteiger partial charge in [0.25, 0.3) is 0 Å². The maximum absolute atomic E-state index is 11.1. The highest BCUT2D eigenvalue weighted by Gasteiger charge is 2.27. The van der Waals surface area contributed by atoms with Crippen LogP contribution in [0.3, 0.4) is 0 Å². The van der Waals surface area contributed by atoms with Crippen molar-refractivity contribution in [1.29, 1.82) is 5.26 Å². The van der Waals surface area contributed by atoms with Gasteiger partial charge >= 0.3 is 5.69 Å². The first-order valence-electron chi connectivity index (χ1n) is 6.12. The van der Waals surface area contributed by atoms with Gasteiger partial charge in [-0.3, -0.25) is 10.1 Å². The van der Waals surface area contributed by atoms with Crippen molar-refractivity contribution in [2.75, 3.05) is 12.4 Å². The maximum Gasteiger partial charge on any atom is 0.309 e. The van der Waals surface area contributed by atoms with Gasteiger partial charge in [-0.1, -0.05) is 6.07 Å². The number of hydrogen-bond donors (Lipinski definition) is 1. The Kier molecular flexibility index (Phi) is 3.97. The molecule has 2 unspecified atom stereocenters. The molecule has 1 aromatic rings. The third-order valence-electron chi connectivity index (χ3n) is 3.42. The SMILES string of the molecule is COC1CCC(Nc2cccc(C#N)c2[N+](=O)[O-])C1. The van der Waals surface area contributed by atoms with E-state index in [2.05, 4.69) is 5.32 Å². The standard InChI is InChI=1S/C13H15N3O3/c1-19-11-6-5-10(7-11)15-12-4-2-3-9(8-14)13(12)16(17)18/h2-4,10-11,15H,5-7H2,1H3. The highest BCUT2D eigenvalue weighted by Crippen LogP contribution is 2.32. The number of benzene rings is 1. The first-order valence-corrected chi connectivity index (χ1v) is 6.12. The lowest BCUT2D eigenvalue weighted by atomic mass is 10.1. The summed E-state index contributed by atoms with van der Waals surface area (Å²) < 4.78 is 5.28. The predicted molar refractivity (Wildman–Crippen MR) is 69.9 cm³/mol. The molecule has 1 aliphatic carbocycles. The Morgan fingerprint density at radius 3 is 2.89 bits per heavy atom. The van der Waals surface area contributed by atoms with Crippen LogP contribution in [0.15, 0.2) is 18.2 Å². The van der Waals surface area contributed by atoms with Crippen molar-refractivity contribution < 1.29 is 9.66 Å². The van der Waals surface area contributed by atoms with E-state index >= 15 is 0 Å². The van der Waals surface area contributed by atoms with Crippen molar-refractivity contribution in [3.63, 3.8) is 0 Å². The molecular formula is C13H15N3O3. The maximum atomic E-state index is 11.1. The molecule has 1 saturated carbocycles. The van der Waals surface area contributed by atoms with E-state index in [9.17, 15) is 10.1 Å². The minimum Gasteiger partial charge on any atom is -0.381 e. The molecule has 19 heavy (non-hydrogen) atoms. The van der Waals surface area contributed by atoms with Crippen LogP contribution in [-0.4, -0.2) is 24.2 Å². The number of para-hydroxylation sites is 1. The molecule has 0 heterocycles. The highest BCUT2D eigenvalue weighted by molar-refractivity contribution is 5.68. The van der Waals surface area contributed by atoms with E-state index < -0.39 is 4.92 Å². The number of methoxy groups -OCH3 is 1. The summed E-state index contributed by atoms with van der Waals surface area (Å²) in [5.41, 5.74) is 0.341. The van der Waals surface area contributed by atoms with Crippen LogP contribution >= 0.6 is 0 Å². The van der Waals surface area contributed by atoms with Crippen molar-refractivity contribution in [2.45, 2.75) is 31.4 Å². The van der Waals surface area contributed by atoms with Crippen LogP contribution in [0.5, 0.6) is 0 Å². The number of ether oxygens (including phenoxy) is 1. The van der Waals surface area contributed by atoms with Crippen molar-refractivity contribution in [2.24, 2.45) is 0 Å². The van der Waals surface area contributed by atoms with Gasteiger partial charge < -0.3 is 10.1 Å². The summed E-state index contributed by atoms with van der Waals surface area (Å²) in [6.45, 7) is 0. The zero-order valence-electron chi connectivity index (χ0n) is 10.6. The molecule has 1 aromatic carbocycles. The Bertz CT molecular complexity index is 524. The van der Waals surface area contributed by atoms with E-state index in [0.29, 0.717) is 5.69 Å². The Hall–Kier alpha value is -2.13. The van der Waals surface area contributed by atoms with Crippen LogP contribution in [-0.2, 0) is 4.74 Å². The number of nitrogens with one attached hydrogen (secondary N) is 1. The van der Waals surface area contributed by atoms with Gasteiger partial charge in [0, 0.05) is 13.2 Å². The predicted octanol–water partition coefficient (Wildman–Crippen LogP) is 2.45. The molecule has 2 rings (SSSR count). The second kappa shape index (κ2) is 5.67. The van der Waals surface area contributed by atoms with Gasteiger partial charge in [0.05, 0.1) is 11.0 Å². The number of anilines is 1. The van der Waals surface area contributed by atoms with E-state index in [1.807, 2.05) is 6.07 Å². The number of nitriles is 1. The minimum atomic E-state index is -0.510. The third-order valence-corrected chi connectivity index (χ3v) is 3.42. The first-order chi connectivity index (χ1) is 9.15. The van der Waals surface area contributed by atoms with E-state index in [4.69, 9.17) is 10.00 Å². The molecule has 0 bridgehead atoms. The van der Waals surface area contributed by atoms with E-state index in [1.165, 1.54) is 6.07 Å². The Morgan fingerprint density at radius 2 is 2.32 bits per heavy atom. The van der Waals surface area contributed by atoms with E-state index in [-0.39, 0.29) is 23.4 Å². The molecule has 1 N–H and O–H groups in total. The summed E-state index contributed by atoms with van der Waals surface area (Å²) in [6, 6.07) is 6.75. The van der Waals surface area contributed by atoms with Crippen LogP contribution in [0.2, 0.25) is 0 Å². The van der Waals surface area contributed by atoms with Crippen LogP contribution < -0.4 is 5.32 Å². The second-order valence-electron chi connectivity index (χ2n) is 4.58. The number of hydrogen-bond acceptors (Lipinski definition) is 5. The molecule has 1 aliphatic rings. The summed E-state index contributed by atoms with van der Waals surface area (Å²) in [4.78, 5) is 10.6. The molecule has 0 amide bonds. The van der Waals surface area contributed by atoms with Gasteiger partial charge in [-0.05, 0) is 31.4 Å². The van der Waals surface area contributed by atoms with Gasteiger partial charge in [-0.25, -0.2) is 0 Å². The average Bonchev–Trinajstić information content (AvgIpc) is 2.85. The van der Waals surface area contributed by atoms with E-state index in [1.54, 1.807) is 19.2 Å². The first kappa shape index (κ1) is 13.3. The fraction of sp³-hybridized carbons (Fsp3) is 0.462. The van der Waals surface area contributed by atoms with Crippen LogP contribution in [0.1, 0.15) is 24.8 Å². The summed E-state index contributed by atoms with van der Waals surface area (Å²) >= 11 is 0. The van der Waals surface area contributed by atoms with Crippen molar-refractivity contribution in [1.82, 2.24) is 0 Å². The summed E-state index contributed by atoms with van der Waals surface area (Å²) in [6.07, 6.45) is 2.88. The molecule has 0 aliphatic heterocycles. The van der Waals surface area contributed by atoms with Crippen molar-refractivity contribution >= 4 is 11.4 Å². The zero-order chi connectivity index (χ0) is 13.8. The van der Waals surface area contributed by atoms with Crippen LogP contribution in [0.4, 0.5) is 11.4 Å². The fourth-order valence-corrected chi connectivity index (χ4v) is 2.45. The monoisotopic (exact) mass is 261 g/mol. The van der Waals surface area contributed by atoms with Gasteiger partial charge in [0.1, 0.15) is 17.3 Å². The molecular weight excluding hydrogens is 246 g/mol. The van der Waals surface area contributed by atoms with Crippen molar-refractivity contribution in [3.8, 4) is 6.07 Å². The molecule has 0 saturated heterocycles. The van der Waals surface area contributed by atoms with Gasteiger partial charge in [-0.15, -0.1) is 0 Å². The Labute approximate surface area is 111 Å². The number of nitro groups is 1. The summed E-state index contributed by atoms with van der Waals surface area (Å²) in [7, 11) is 1.67. The molecule has 2 atom stereocenters. The summed E-state index contributed by atoms with van der Waals surface area (Å²) in [5.74, 6) is 0. The second-order valence-corrected chi connectivity index (χ2v) is 4.58. The normalized spacial score (nSPS) is 21.9. The molecule has 6 heteroatoms. The number of nitrogens with zero attached hydrogens (tertiary/aromatic N) is 2. The van der Waals surface area contributed by atoms with Crippen LogP contribution in [0, 0.1) is 21.4 Å². The van der Waals surface area contributed by atoms with Crippen molar-refractivity contribution in [3.05, 3.63) is 33.9 Å². The largest absolute Gasteiger partial charge is 0.381 e. The molecule has 0 spiro atoms. The molecule has 1 fully saturated rings. The number of nitro benzene ring substituents is 1. The van der Waals surface area contributed by atoms with Gasteiger partial charge in [0.2, 0.25) is 0 Å². The molecule has 0 radical (unpaired) electrons. The molecule has 0 aromatic heterocycles. The third kappa shape index (κ3) is 2.83. The average molecular weight is 261 g/mol. The number of rotatable bonds is 4. The summed E-state index contributed by atoms with van der Waals surface area (Å²) in [5, 5.41) is 23.2. The quantitative estimate of drug-likeness (QED) is 0.664. The van der Waals surface area contributed by atoms with Gasteiger partial charge in [0.15, 0.2) is 0 Å².